The minimum absolute atomic E-state index is 0.0949. The second-order valence-corrected chi connectivity index (χ2v) is 12.3. The van der Waals surface area contributed by atoms with Crippen LogP contribution in [0.1, 0.15) is 37.8 Å². The zero-order valence-corrected chi connectivity index (χ0v) is 25.0. The number of amides is 1. The lowest BCUT2D eigenvalue weighted by Crippen LogP contribution is -2.33. The molecule has 0 saturated heterocycles. The first-order valence-electron chi connectivity index (χ1n) is 13.2. The Morgan fingerprint density at radius 3 is 2.50 bits per heavy atom. The molecule has 0 atom stereocenters. The number of hydrogen-bond donors (Lipinski definition) is 1. The molecule has 0 aliphatic carbocycles. The number of nitrogens with zero attached hydrogens (tertiary/aromatic N) is 1. The topological polar surface area (TPSA) is 75.7 Å². The van der Waals surface area contributed by atoms with Crippen molar-refractivity contribution in [2.24, 2.45) is 0 Å². The molecule has 0 fully saturated rings. The summed E-state index contributed by atoms with van der Waals surface area (Å²) in [5, 5.41) is 4.40. The van der Waals surface area contributed by atoms with Gasteiger partial charge in [-0.05, 0) is 71.1 Å². The van der Waals surface area contributed by atoms with E-state index >= 15 is 0 Å². The van der Waals surface area contributed by atoms with Crippen LogP contribution in [-0.2, 0) is 27.8 Å². The fraction of sp³-hybridized carbons (Fsp3) is 0.258. The lowest BCUT2D eigenvalue weighted by molar-refractivity contribution is -0.118. The highest BCUT2D eigenvalue weighted by Gasteiger charge is 2.25. The van der Waals surface area contributed by atoms with Gasteiger partial charge in [-0.15, -0.1) is 0 Å². The van der Waals surface area contributed by atoms with Crippen LogP contribution >= 0.6 is 22.9 Å². The number of benzene rings is 3. The van der Waals surface area contributed by atoms with Crippen LogP contribution in [-0.4, -0.2) is 27.5 Å². The average molecular weight is 597 g/mol. The molecule has 1 heterocycles. The molecular weight excluding hydrogens is 564 g/mol. The summed E-state index contributed by atoms with van der Waals surface area (Å²) in [6.07, 6.45) is 1.65. The number of nitrogens with one attached hydrogen (secondary N) is 1. The molecular formula is C31H33ClN2O4S2. The van der Waals surface area contributed by atoms with Gasteiger partial charge < -0.3 is 9.64 Å². The fourth-order valence-electron chi connectivity index (χ4n) is 4.25. The zero-order chi connectivity index (χ0) is 28.5. The van der Waals surface area contributed by atoms with E-state index in [0.29, 0.717) is 36.0 Å². The largest absolute Gasteiger partial charge is 0.493 e. The fourth-order valence-corrected chi connectivity index (χ4v) is 6.27. The van der Waals surface area contributed by atoms with E-state index in [9.17, 15) is 13.2 Å². The van der Waals surface area contributed by atoms with Crippen LogP contribution in [0.3, 0.4) is 0 Å². The van der Waals surface area contributed by atoms with Gasteiger partial charge in [-0.2, -0.15) is 11.3 Å². The Kier molecular flexibility index (Phi) is 10.4. The highest BCUT2D eigenvalue weighted by molar-refractivity contribution is 7.89. The number of rotatable bonds is 13. The van der Waals surface area contributed by atoms with Crippen LogP contribution in [0.5, 0.6) is 5.75 Å². The summed E-state index contributed by atoms with van der Waals surface area (Å²) in [7, 11) is -3.78. The number of anilines is 1. The number of ether oxygens (including phenoxy) is 1. The molecule has 0 spiro atoms. The van der Waals surface area contributed by atoms with E-state index in [4.69, 9.17) is 16.3 Å². The van der Waals surface area contributed by atoms with Crippen LogP contribution in [0.2, 0.25) is 5.02 Å². The number of carbonyl (C=O) groups is 1. The van der Waals surface area contributed by atoms with Crippen LogP contribution in [0.25, 0.3) is 11.1 Å². The van der Waals surface area contributed by atoms with E-state index in [1.54, 1.807) is 35.2 Å². The Morgan fingerprint density at radius 1 is 1.00 bits per heavy atom. The van der Waals surface area contributed by atoms with Gasteiger partial charge in [0.25, 0.3) is 0 Å². The number of sulfonamides is 1. The molecule has 210 valence electrons. The number of carbonyl (C=O) groups excluding carboxylic acids is 1. The quantitative estimate of drug-likeness (QED) is 0.175. The van der Waals surface area contributed by atoms with Crippen molar-refractivity contribution in [1.29, 1.82) is 0 Å². The summed E-state index contributed by atoms with van der Waals surface area (Å²) in [4.78, 5) is 15.8. The Hall–Kier alpha value is -3.17. The SMILES string of the molecule is CCCNS(=O)(=O)c1ccc(-c2ccccc2)c(N(Cc2cc(Cl)ccc2OCCC)C(=O)Cc2ccsc2)c1. The van der Waals surface area contributed by atoms with Gasteiger partial charge in [-0.1, -0.05) is 61.8 Å². The standard InChI is InChI=1S/C31H33ClN2O4S2/c1-3-15-33-40(36,37)27-11-12-28(24-8-6-5-7-9-24)29(20-27)34(31(35)18-23-14-17-39-22-23)21-25-19-26(32)10-13-30(25)38-16-4-2/h5-14,17,19-20,22,33H,3-4,15-16,18,21H2,1-2H3. The third-order valence-corrected chi connectivity index (χ3v) is 8.67. The highest BCUT2D eigenvalue weighted by Crippen LogP contribution is 2.36. The maximum Gasteiger partial charge on any atom is 0.240 e. The first-order chi connectivity index (χ1) is 19.3. The number of hydrogen-bond acceptors (Lipinski definition) is 5. The number of thiophene rings is 1. The molecule has 0 saturated carbocycles. The normalized spacial score (nSPS) is 11.4. The summed E-state index contributed by atoms with van der Waals surface area (Å²) < 4.78 is 35.0. The third kappa shape index (κ3) is 7.52. The monoisotopic (exact) mass is 596 g/mol. The van der Waals surface area contributed by atoms with Crippen molar-refractivity contribution in [3.05, 3.63) is 99.7 Å². The molecule has 4 aromatic rings. The minimum atomic E-state index is -3.78. The van der Waals surface area contributed by atoms with E-state index in [1.165, 1.54) is 11.3 Å². The smallest absolute Gasteiger partial charge is 0.240 e. The van der Waals surface area contributed by atoms with Gasteiger partial charge in [-0.25, -0.2) is 13.1 Å². The molecule has 0 bridgehead atoms. The van der Waals surface area contributed by atoms with Gasteiger partial charge >= 0.3 is 0 Å². The molecule has 40 heavy (non-hydrogen) atoms. The van der Waals surface area contributed by atoms with Crippen molar-refractivity contribution in [2.75, 3.05) is 18.1 Å². The van der Waals surface area contributed by atoms with Crippen molar-refractivity contribution < 1.29 is 17.9 Å². The van der Waals surface area contributed by atoms with Gasteiger partial charge in [0.2, 0.25) is 15.9 Å². The summed E-state index contributed by atoms with van der Waals surface area (Å²) in [5.41, 5.74) is 3.73. The van der Waals surface area contributed by atoms with Gasteiger partial charge in [0.05, 0.1) is 30.2 Å². The molecule has 1 aromatic heterocycles. The second-order valence-electron chi connectivity index (χ2n) is 9.33. The first kappa shape index (κ1) is 29.8. The van der Waals surface area contributed by atoms with E-state index in [1.807, 2.05) is 67.1 Å². The maximum atomic E-state index is 14.0. The Bertz CT molecular complexity index is 1520. The zero-order valence-electron chi connectivity index (χ0n) is 22.6. The lowest BCUT2D eigenvalue weighted by Gasteiger charge is -2.27. The first-order valence-corrected chi connectivity index (χ1v) is 16.0. The predicted molar refractivity (Wildman–Crippen MR) is 164 cm³/mol. The Balaban J connectivity index is 1.88. The van der Waals surface area contributed by atoms with Crippen molar-refractivity contribution in [2.45, 2.75) is 44.6 Å². The maximum absolute atomic E-state index is 14.0. The van der Waals surface area contributed by atoms with E-state index in [0.717, 1.165) is 28.7 Å². The Labute approximate surface area is 245 Å². The molecule has 1 N–H and O–H groups in total. The van der Waals surface area contributed by atoms with Crippen molar-refractivity contribution in [3.63, 3.8) is 0 Å². The molecule has 9 heteroatoms. The summed E-state index contributed by atoms with van der Waals surface area (Å²) in [6, 6.07) is 21.9. The molecule has 6 nitrogen and oxygen atoms in total. The summed E-state index contributed by atoms with van der Waals surface area (Å²) >= 11 is 7.91. The second kappa shape index (κ2) is 13.9. The molecule has 3 aromatic carbocycles. The molecule has 4 rings (SSSR count). The van der Waals surface area contributed by atoms with Crippen molar-refractivity contribution in [1.82, 2.24) is 4.72 Å². The Morgan fingerprint density at radius 2 is 1.80 bits per heavy atom. The molecule has 1 amide bonds. The molecule has 0 unspecified atom stereocenters. The third-order valence-electron chi connectivity index (χ3n) is 6.25. The van der Waals surface area contributed by atoms with Gasteiger partial charge in [0.15, 0.2) is 0 Å². The molecule has 0 aliphatic rings. The molecule has 0 radical (unpaired) electrons. The number of halogens is 1. The van der Waals surface area contributed by atoms with Crippen LogP contribution in [0.15, 0.2) is 88.5 Å². The van der Waals surface area contributed by atoms with E-state index in [-0.39, 0.29) is 23.8 Å². The van der Waals surface area contributed by atoms with Crippen LogP contribution in [0, 0.1) is 0 Å². The summed E-state index contributed by atoms with van der Waals surface area (Å²) in [5.74, 6) is 0.460. The van der Waals surface area contributed by atoms with Crippen molar-refractivity contribution >= 4 is 44.6 Å². The minimum Gasteiger partial charge on any atom is -0.493 e. The van der Waals surface area contributed by atoms with Gasteiger partial charge in [0.1, 0.15) is 5.75 Å². The van der Waals surface area contributed by atoms with E-state index < -0.39 is 10.0 Å². The lowest BCUT2D eigenvalue weighted by atomic mass is 10.0. The molecule has 0 aliphatic heterocycles. The average Bonchev–Trinajstić information content (AvgIpc) is 3.47. The summed E-state index contributed by atoms with van der Waals surface area (Å²) in [6.45, 7) is 4.91. The predicted octanol–water partition coefficient (Wildman–Crippen LogP) is 7.32. The van der Waals surface area contributed by atoms with E-state index in [2.05, 4.69) is 4.72 Å². The van der Waals surface area contributed by atoms with Crippen molar-refractivity contribution in [3.8, 4) is 16.9 Å². The highest BCUT2D eigenvalue weighted by atomic mass is 35.5. The van der Waals surface area contributed by atoms with Crippen LogP contribution < -0.4 is 14.4 Å². The van der Waals surface area contributed by atoms with Gasteiger partial charge in [0, 0.05) is 22.7 Å². The van der Waals surface area contributed by atoms with Gasteiger partial charge in [-0.3, -0.25) is 4.79 Å². The van der Waals surface area contributed by atoms with Crippen LogP contribution in [0.4, 0.5) is 5.69 Å².